The summed E-state index contributed by atoms with van der Waals surface area (Å²) in [4.78, 5) is 11.5. The van der Waals surface area contributed by atoms with Crippen molar-refractivity contribution < 1.29 is 14.3 Å². The van der Waals surface area contributed by atoms with Gasteiger partial charge in [-0.15, -0.1) is 0 Å². The zero-order chi connectivity index (χ0) is 15.1. The molecule has 116 valence electrons. The van der Waals surface area contributed by atoms with Crippen molar-refractivity contribution in [3.63, 3.8) is 0 Å². The second kappa shape index (κ2) is 7.88. The Balaban J connectivity index is 1.95. The Kier molecular flexibility index (Phi) is 5.87. The summed E-state index contributed by atoms with van der Waals surface area (Å²) < 4.78 is 11.2. The Morgan fingerprint density at radius 1 is 1.38 bits per heavy atom. The molecular formula is C16H24N2O3. The Morgan fingerprint density at radius 2 is 2.19 bits per heavy atom. The van der Waals surface area contributed by atoms with Crippen LogP contribution in [0.4, 0.5) is 0 Å². The first-order valence-electron chi connectivity index (χ1n) is 7.53. The van der Waals surface area contributed by atoms with Gasteiger partial charge in [-0.2, -0.15) is 0 Å². The molecule has 1 aliphatic rings. The normalized spacial score (nSPS) is 13.8. The van der Waals surface area contributed by atoms with Crippen LogP contribution < -0.4 is 20.1 Å². The first-order chi connectivity index (χ1) is 10.2. The number of hydrogen-bond donors (Lipinski definition) is 2. The SMILES string of the molecule is CCNC(=O)CCOc1c(CNC2CC2)cccc1OC. The Bertz CT molecular complexity index is 473. The van der Waals surface area contributed by atoms with Gasteiger partial charge < -0.3 is 20.1 Å². The molecule has 1 amide bonds. The molecule has 0 saturated heterocycles. The highest BCUT2D eigenvalue weighted by Gasteiger charge is 2.21. The van der Waals surface area contributed by atoms with Crippen LogP contribution in [0, 0.1) is 0 Å². The Labute approximate surface area is 126 Å². The van der Waals surface area contributed by atoms with Gasteiger partial charge in [-0.05, 0) is 25.8 Å². The molecule has 0 unspecified atom stereocenters. The minimum absolute atomic E-state index is 0.00468. The van der Waals surface area contributed by atoms with E-state index in [0.717, 1.165) is 17.9 Å². The predicted molar refractivity (Wildman–Crippen MR) is 81.7 cm³/mol. The fourth-order valence-corrected chi connectivity index (χ4v) is 2.10. The molecule has 0 heterocycles. The number of benzene rings is 1. The largest absolute Gasteiger partial charge is 0.493 e. The van der Waals surface area contributed by atoms with Crippen molar-refractivity contribution in [2.75, 3.05) is 20.3 Å². The van der Waals surface area contributed by atoms with E-state index in [0.29, 0.717) is 31.4 Å². The monoisotopic (exact) mass is 292 g/mol. The number of para-hydroxylation sites is 1. The number of hydrogen-bond acceptors (Lipinski definition) is 4. The molecule has 21 heavy (non-hydrogen) atoms. The van der Waals surface area contributed by atoms with Crippen LogP contribution in [-0.4, -0.2) is 32.2 Å². The fourth-order valence-electron chi connectivity index (χ4n) is 2.10. The van der Waals surface area contributed by atoms with Crippen molar-refractivity contribution in [2.45, 2.75) is 38.8 Å². The summed E-state index contributed by atoms with van der Waals surface area (Å²) in [7, 11) is 1.63. The molecule has 1 aliphatic carbocycles. The van der Waals surface area contributed by atoms with Crippen LogP contribution >= 0.6 is 0 Å². The second-order valence-electron chi connectivity index (χ2n) is 5.16. The molecule has 1 aromatic rings. The van der Waals surface area contributed by atoms with Crippen molar-refractivity contribution in [1.82, 2.24) is 10.6 Å². The van der Waals surface area contributed by atoms with E-state index < -0.39 is 0 Å². The van der Waals surface area contributed by atoms with Gasteiger partial charge in [-0.1, -0.05) is 12.1 Å². The number of amides is 1. The molecule has 2 rings (SSSR count). The average Bonchev–Trinajstić information content (AvgIpc) is 3.30. The third-order valence-electron chi connectivity index (χ3n) is 3.39. The van der Waals surface area contributed by atoms with Gasteiger partial charge in [0.1, 0.15) is 0 Å². The first kappa shape index (κ1) is 15.6. The van der Waals surface area contributed by atoms with E-state index in [1.165, 1.54) is 12.8 Å². The van der Waals surface area contributed by atoms with E-state index in [9.17, 15) is 4.79 Å². The third-order valence-corrected chi connectivity index (χ3v) is 3.39. The van der Waals surface area contributed by atoms with Crippen molar-refractivity contribution in [3.05, 3.63) is 23.8 Å². The summed E-state index contributed by atoms with van der Waals surface area (Å²) in [6, 6.07) is 6.50. The summed E-state index contributed by atoms with van der Waals surface area (Å²) in [5.41, 5.74) is 1.07. The molecule has 5 nitrogen and oxygen atoms in total. The minimum Gasteiger partial charge on any atom is -0.493 e. The maximum atomic E-state index is 11.5. The summed E-state index contributed by atoms with van der Waals surface area (Å²) in [5.74, 6) is 1.45. The molecule has 1 fully saturated rings. The molecule has 0 radical (unpaired) electrons. The maximum Gasteiger partial charge on any atom is 0.223 e. The number of carbonyl (C=O) groups excluding carboxylic acids is 1. The smallest absolute Gasteiger partial charge is 0.223 e. The molecule has 1 saturated carbocycles. The third kappa shape index (κ3) is 4.93. The van der Waals surface area contributed by atoms with Gasteiger partial charge in [0.15, 0.2) is 11.5 Å². The van der Waals surface area contributed by atoms with Crippen molar-refractivity contribution in [2.24, 2.45) is 0 Å². The summed E-state index contributed by atoms with van der Waals surface area (Å²) in [6.07, 6.45) is 2.84. The lowest BCUT2D eigenvalue weighted by atomic mass is 10.2. The van der Waals surface area contributed by atoms with E-state index in [1.54, 1.807) is 7.11 Å². The lowest BCUT2D eigenvalue weighted by Crippen LogP contribution is -2.24. The highest BCUT2D eigenvalue weighted by atomic mass is 16.5. The number of rotatable bonds is 9. The topological polar surface area (TPSA) is 59.6 Å². The number of methoxy groups -OCH3 is 1. The van der Waals surface area contributed by atoms with E-state index in [4.69, 9.17) is 9.47 Å². The zero-order valence-corrected chi connectivity index (χ0v) is 12.8. The summed E-state index contributed by atoms with van der Waals surface area (Å²) in [5, 5.41) is 6.23. The summed E-state index contributed by atoms with van der Waals surface area (Å²) in [6.45, 7) is 3.66. The van der Waals surface area contributed by atoms with Gasteiger partial charge >= 0.3 is 0 Å². The van der Waals surface area contributed by atoms with Crippen LogP contribution in [0.5, 0.6) is 11.5 Å². The van der Waals surface area contributed by atoms with Crippen molar-refractivity contribution >= 4 is 5.91 Å². The van der Waals surface area contributed by atoms with Crippen LogP contribution in [0.15, 0.2) is 18.2 Å². The van der Waals surface area contributed by atoms with E-state index >= 15 is 0 Å². The van der Waals surface area contributed by atoms with E-state index in [1.807, 2.05) is 25.1 Å². The molecular weight excluding hydrogens is 268 g/mol. The highest BCUT2D eigenvalue weighted by molar-refractivity contribution is 5.75. The molecule has 0 atom stereocenters. The lowest BCUT2D eigenvalue weighted by molar-refractivity contribution is -0.121. The van der Waals surface area contributed by atoms with E-state index in [-0.39, 0.29) is 5.91 Å². The van der Waals surface area contributed by atoms with Crippen molar-refractivity contribution in [1.29, 1.82) is 0 Å². The summed E-state index contributed by atoms with van der Waals surface area (Å²) >= 11 is 0. The highest BCUT2D eigenvalue weighted by Crippen LogP contribution is 2.32. The molecule has 0 bridgehead atoms. The number of carbonyl (C=O) groups is 1. The van der Waals surface area contributed by atoms with Gasteiger partial charge in [0.2, 0.25) is 5.91 Å². The maximum absolute atomic E-state index is 11.5. The Morgan fingerprint density at radius 3 is 2.86 bits per heavy atom. The first-order valence-corrected chi connectivity index (χ1v) is 7.53. The average molecular weight is 292 g/mol. The fraction of sp³-hybridized carbons (Fsp3) is 0.562. The number of nitrogens with one attached hydrogen (secondary N) is 2. The Hall–Kier alpha value is -1.75. The van der Waals surface area contributed by atoms with Crippen LogP contribution in [0.3, 0.4) is 0 Å². The van der Waals surface area contributed by atoms with Crippen LogP contribution in [0.1, 0.15) is 31.7 Å². The van der Waals surface area contributed by atoms with Gasteiger partial charge in [-0.25, -0.2) is 0 Å². The predicted octanol–water partition coefficient (Wildman–Crippen LogP) is 1.85. The molecule has 0 spiro atoms. The molecule has 0 aromatic heterocycles. The van der Waals surface area contributed by atoms with Crippen LogP contribution in [-0.2, 0) is 11.3 Å². The van der Waals surface area contributed by atoms with Gasteiger partial charge in [0, 0.05) is 24.7 Å². The minimum atomic E-state index is 0.00468. The molecule has 5 heteroatoms. The van der Waals surface area contributed by atoms with Gasteiger partial charge in [0.05, 0.1) is 20.1 Å². The standard InChI is InChI=1S/C16H24N2O3/c1-3-17-15(19)9-10-21-16-12(11-18-13-7-8-13)5-4-6-14(16)20-2/h4-6,13,18H,3,7-11H2,1-2H3,(H,17,19). The number of ether oxygens (including phenoxy) is 2. The lowest BCUT2D eigenvalue weighted by Gasteiger charge is -2.15. The zero-order valence-electron chi connectivity index (χ0n) is 12.8. The van der Waals surface area contributed by atoms with Gasteiger partial charge in [0.25, 0.3) is 0 Å². The molecule has 1 aromatic carbocycles. The van der Waals surface area contributed by atoms with Crippen LogP contribution in [0.25, 0.3) is 0 Å². The van der Waals surface area contributed by atoms with Crippen LogP contribution in [0.2, 0.25) is 0 Å². The molecule has 0 aliphatic heterocycles. The molecule has 2 N–H and O–H groups in total. The second-order valence-corrected chi connectivity index (χ2v) is 5.16. The van der Waals surface area contributed by atoms with Gasteiger partial charge in [-0.3, -0.25) is 4.79 Å². The quantitative estimate of drug-likeness (QED) is 0.729. The van der Waals surface area contributed by atoms with E-state index in [2.05, 4.69) is 10.6 Å². The van der Waals surface area contributed by atoms with Crippen molar-refractivity contribution in [3.8, 4) is 11.5 Å².